The lowest BCUT2D eigenvalue weighted by atomic mass is 10.0. The van der Waals surface area contributed by atoms with Crippen LogP contribution in [0.2, 0.25) is 0 Å². The fraction of sp³-hybridized carbons (Fsp3) is 0. The quantitative estimate of drug-likeness (QED) is 0.750. The van der Waals surface area contributed by atoms with Crippen LogP contribution in [0.5, 0.6) is 0 Å². The first kappa shape index (κ1) is 15.5. The molecule has 1 aromatic carbocycles. The zero-order chi connectivity index (χ0) is 16.9. The normalized spacial score (nSPS) is 10.2. The van der Waals surface area contributed by atoms with E-state index in [0.717, 1.165) is 0 Å². The van der Waals surface area contributed by atoms with Gasteiger partial charge in [-0.2, -0.15) is 0 Å². The van der Waals surface area contributed by atoms with Crippen LogP contribution in [0.25, 0.3) is 0 Å². The van der Waals surface area contributed by atoms with Crippen molar-refractivity contribution < 1.29 is 14.0 Å². The number of hydrogen-bond acceptors (Lipinski definition) is 4. The highest BCUT2D eigenvalue weighted by atomic mass is 19.1. The lowest BCUT2D eigenvalue weighted by Gasteiger charge is -2.10. The summed E-state index contributed by atoms with van der Waals surface area (Å²) in [7, 11) is 0. The Bertz CT molecular complexity index is 880. The number of anilines is 1. The molecule has 2 heterocycles. The molecule has 6 heteroatoms. The summed E-state index contributed by atoms with van der Waals surface area (Å²) in [5.41, 5.74) is 1.29. The number of aromatic nitrogens is 2. The van der Waals surface area contributed by atoms with Gasteiger partial charge in [-0.25, -0.2) is 4.39 Å². The number of rotatable bonds is 4. The highest BCUT2D eigenvalue weighted by Gasteiger charge is 2.16. The molecule has 118 valence electrons. The molecule has 0 fully saturated rings. The van der Waals surface area contributed by atoms with Crippen LogP contribution in [-0.4, -0.2) is 21.7 Å². The van der Waals surface area contributed by atoms with Gasteiger partial charge in [-0.3, -0.25) is 19.6 Å². The molecule has 2 aromatic heterocycles. The van der Waals surface area contributed by atoms with Crippen LogP contribution in [0.15, 0.2) is 67.3 Å². The van der Waals surface area contributed by atoms with E-state index in [1.165, 1.54) is 55.1 Å². The largest absolute Gasteiger partial charge is 0.321 e. The lowest BCUT2D eigenvalue weighted by molar-refractivity contribution is 0.102. The van der Waals surface area contributed by atoms with E-state index < -0.39 is 5.82 Å². The fourth-order valence-electron chi connectivity index (χ4n) is 2.14. The molecule has 0 saturated carbocycles. The number of amides is 1. The second-order valence-corrected chi connectivity index (χ2v) is 4.95. The molecule has 1 N–H and O–H groups in total. The Labute approximate surface area is 137 Å². The van der Waals surface area contributed by atoms with Crippen molar-refractivity contribution >= 4 is 17.4 Å². The number of nitrogens with zero attached hydrogens (tertiary/aromatic N) is 2. The molecule has 0 bridgehead atoms. The van der Waals surface area contributed by atoms with Crippen molar-refractivity contribution in [1.82, 2.24) is 9.97 Å². The first-order valence-electron chi connectivity index (χ1n) is 7.11. The van der Waals surface area contributed by atoms with Gasteiger partial charge >= 0.3 is 0 Å². The van der Waals surface area contributed by atoms with E-state index in [4.69, 9.17) is 0 Å². The second-order valence-electron chi connectivity index (χ2n) is 4.95. The molecule has 3 aromatic rings. The molecular formula is C18H12FN3O2. The summed E-state index contributed by atoms with van der Waals surface area (Å²) in [5.74, 6) is -1.14. The number of nitrogens with one attached hydrogen (secondary N) is 1. The minimum absolute atomic E-state index is 0.228. The average molecular weight is 321 g/mol. The standard InChI is InChI=1S/C18H12FN3O2/c19-14-3-1-12(2-4-14)17(23)15-11-21-10-7-16(15)22-18(24)13-5-8-20-9-6-13/h1-11H,(H,21,22,24). The van der Waals surface area contributed by atoms with Crippen molar-refractivity contribution in [3.8, 4) is 0 Å². The van der Waals surface area contributed by atoms with Crippen LogP contribution in [0.1, 0.15) is 26.3 Å². The van der Waals surface area contributed by atoms with Gasteiger partial charge in [0.15, 0.2) is 5.78 Å². The SMILES string of the molecule is O=C(Nc1ccncc1C(=O)c1ccc(F)cc1)c1ccncc1. The number of carbonyl (C=O) groups excluding carboxylic acids is 2. The van der Waals surface area contributed by atoms with Crippen LogP contribution >= 0.6 is 0 Å². The number of pyridine rings is 2. The first-order chi connectivity index (χ1) is 11.6. The summed E-state index contributed by atoms with van der Waals surface area (Å²) in [5, 5.41) is 2.69. The number of hydrogen-bond donors (Lipinski definition) is 1. The Morgan fingerprint density at radius 1 is 0.833 bits per heavy atom. The highest BCUT2D eigenvalue weighted by Crippen LogP contribution is 2.19. The van der Waals surface area contributed by atoms with Crippen LogP contribution in [0.4, 0.5) is 10.1 Å². The third kappa shape index (κ3) is 3.33. The zero-order valence-corrected chi connectivity index (χ0v) is 12.4. The Kier molecular flexibility index (Phi) is 4.38. The number of ketones is 1. The summed E-state index contributed by atoms with van der Waals surface area (Å²) in [6.45, 7) is 0. The molecule has 0 spiro atoms. The Morgan fingerprint density at radius 3 is 2.21 bits per heavy atom. The van der Waals surface area contributed by atoms with Gasteiger partial charge in [0.05, 0.1) is 11.3 Å². The lowest BCUT2D eigenvalue weighted by Crippen LogP contribution is -2.15. The van der Waals surface area contributed by atoms with E-state index in [1.807, 2.05) is 0 Å². The maximum atomic E-state index is 13.0. The van der Waals surface area contributed by atoms with E-state index in [2.05, 4.69) is 15.3 Å². The summed E-state index contributed by atoms with van der Waals surface area (Å²) in [6.07, 6.45) is 5.86. The number of carbonyl (C=O) groups is 2. The molecule has 1 amide bonds. The first-order valence-corrected chi connectivity index (χ1v) is 7.11. The van der Waals surface area contributed by atoms with Gasteiger partial charge in [0.2, 0.25) is 0 Å². The van der Waals surface area contributed by atoms with Crippen molar-refractivity contribution in [2.45, 2.75) is 0 Å². The zero-order valence-electron chi connectivity index (χ0n) is 12.4. The molecule has 0 atom stereocenters. The molecule has 0 aliphatic heterocycles. The summed E-state index contributed by atoms with van der Waals surface area (Å²) >= 11 is 0. The topological polar surface area (TPSA) is 72.0 Å². The third-order valence-corrected chi connectivity index (χ3v) is 3.36. The van der Waals surface area contributed by atoms with Gasteiger partial charge in [0, 0.05) is 35.9 Å². The van der Waals surface area contributed by atoms with E-state index in [9.17, 15) is 14.0 Å². The minimum Gasteiger partial charge on any atom is -0.321 e. The maximum Gasteiger partial charge on any atom is 0.255 e. The fourth-order valence-corrected chi connectivity index (χ4v) is 2.14. The second kappa shape index (κ2) is 6.78. The summed E-state index contributed by atoms with van der Waals surface area (Å²) < 4.78 is 13.0. The smallest absolute Gasteiger partial charge is 0.255 e. The molecule has 24 heavy (non-hydrogen) atoms. The predicted octanol–water partition coefficient (Wildman–Crippen LogP) is 3.10. The van der Waals surface area contributed by atoms with Crippen LogP contribution in [0.3, 0.4) is 0 Å². The van der Waals surface area contributed by atoms with Crippen molar-refractivity contribution in [3.63, 3.8) is 0 Å². The van der Waals surface area contributed by atoms with Crippen LogP contribution < -0.4 is 5.32 Å². The van der Waals surface area contributed by atoms with Gasteiger partial charge in [0.25, 0.3) is 5.91 Å². The molecular weight excluding hydrogens is 309 g/mol. The highest BCUT2D eigenvalue weighted by molar-refractivity contribution is 6.15. The van der Waals surface area contributed by atoms with Gasteiger partial charge in [-0.15, -0.1) is 0 Å². The molecule has 5 nitrogen and oxygen atoms in total. The molecule has 3 rings (SSSR count). The monoisotopic (exact) mass is 321 g/mol. The van der Waals surface area contributed by atoms with Crippen molar-refractivity contribution in [2.24, 2.45) is 0 Å². The van der Waals surface area contributed by atoms with Crippen LogP contribution in [-0.2, 0) is 0 Å². The molecule has 0 aliphatic carbocycles. The molecule has 0 aliphatic rings. The molecule has 0 radical (unpaired) electrons. The average Bonchev–Trinajstić information content (AvgIpc) is 2.63. The van der Waals surface area contributed by atoms with E-state index >= 15 is 0 Å². The third-order valence-electron chi connectivity index (χ3n) is 3.36. The summed E-state index contributed by atoms with van der Waals surface area (Å²) in [4.78, 5) is 32.6. The van der Waals surface area contributed by atoms with Gasteiger partial charge in [-0.1, -0.05) is 0 Å². The van der Waals surface area contributed by atoms with E-state index in [-0.39, 0.29) is 17.3 Å². The molecule has 0 saturated heterocycles. The summed E-state index contributed by atoms with van der Waals surface area (Å²) in [6, 6.07) is 9.86. The Hall–Kier alpha value is -3.41. The van der Waals surface area contributed by atoms with Crippen molar-refractivity contribution in [1.29, 1.82) is 0 Å². The Balaban J connectivity index is 1.89. The van der Waals surface area contributed by atoms with Crippen LogP contribution in [0, 0.1) is 5.82 Å². The number of halogens is 1. The van der Waals surface area contributed by atoms with Gasteiger partial charge in [0.1, 0.15) is 5.82 Å². The van der Waals surface area contributed by atoms with E-state index in [0.29, 0.717) is 16.8 Å². The van der Waals surface area contributed by atoms with Gasteiger partial charge < -0.3 is 5.32 Å². The minimum atomic E-state index is -0.427. The molecule has 0 unspecified atom stereocenters. The number of benzene rings is 1. The Morgan fingerprint density at radius 2 is 1.50 bits per heavy atom. The van der Waals surface area contributed by atoms with E-state index in [1.54, 1.807) is 12.1 Å². The van der Waals surface area contributed by atoms with Crippen molar-refractivity contribution in [2.75, 3.05) is 5.32 Å². The van der Waals surface area contributed by atoms with Crippen molar-refractivity contribution in [3.05, 3.63) is 89.8 Å². The predicted molar refractivity (Wildman–Crippen MR) is 86.3 cm³/mol. The maximum absolute atomic E-state index is 13.0. The van der Waals surface area contributed by atoms with Gasteiger partial charge in [-0.05, 0) is 42.5 Å².